The van der Waals surface area contributed by atoms with Gasteiger partial charge in [0.1, 0.15) is 0 Å². The molecule has 2 aromatic heterocycles. The van der Waals surface area contributed by atoms with E-state index in [-0.39, 0.29) is 0 Å². The van der Waals surface area contributed by atoms with Crippen molar-refractivity contribution in [2.45, 2.75) is 50.9 Å². The zero-order chi connectivity index (χ0) is 16.4. The first-order valence-corrected chi connectivity index (χ1v) is 9.03. The van der Waals surface area contributed by atoms with E-state index in [4.69, 9.17) is 4.74 Å². The van der Waals surface area contributed by atoms with Crippen LogP contribution in [0.4, 0.5) is 0 Å². The summed E-state index contributed by atoms with van der Waals surface area (Å²) in [4.78, 5) is 6.68. The summed E-state index contributed by atoms with van der Waals surface area (Å²) < 4.78 is 8.21. The van der Waals surface area contributed by atoms with Crippen molar-refractivity contribution < 1.29 is 4.74 Å². The zero-order valence-electron chi connectivity index (χ0n) is 14.4. The number of hydrogen-bond acceptors (Lipinski definition) is 4. The molecule has 5 nitrogen and oxygen atoms in total. The van der Waals surface area contributed by atoms with Gasteiger partial charge in [-0.05, 0) is 43.9 Å². The monoisotopic (exact) mass is 326 g/mol. The van der Waals surface area contributed by atoms with Gasteiger partial charge in [0.15, 0.2) is 0 Å². The molecule has 1 aliphatic heterocycles. The number of aryl methyl sites for hydroxylation is 1. The van der Waals surface area contributed by atoms with E-state index in [0.717, 1.165) is 37.5 Å². The average molecular weight is 326 g/mol. The summed E-state index contributed by atoms with van der Waals surface area (Å²) in [6.07, 6.45) is 11.1. The molecule has 24 heavy (non-hydrogen) atoms. The fourth-order valence-electron chi connectivity index (χ4n) is 3.73. The van der Waals surface area contributed by atoms with E-state index in [1.165, 1.54) is 30.5 Å². The fourth-order valence-corrected chi connectivity index (χ4v) is 3.73. The average Bonchev–Trinajstić information content (AvgIpc) is 3.38. The van der Waals surface area contributed by atoms with Gasteiger partial charge in [0.2, 0.25) is 0 Å². The Morgan fingerprint density at radius 2 is 2.17 bits per heavy atom. The van der Waals surface area contributed by atoms with E-state index in [1.54, 1.807) is 6.20 Å². The molecule has 0 aromatic carbocycles. The Bertz CT molecular complexity index is 665. The summed E-state index contributed by atoms with van der Waals surface area (Å²) in [7, 11) is 2.08. The molecule has 1 saturated heterocycles. The van der Waals surface area contributed by atoms with Gasteiger partial charge < -0.3 is 4.74 Å². The summed E-state index contributed by atoms with van der Waals surface area (Å²) in [5, 5.41) is 4.49. The Labute approximate surface area is 143 Å². The first-order valence-electron chi connectivity index (χ1n) is 9.03. The number of rotatable bonds is 6. The third-order valence-electron chi connectivity index (χ3n) is 5.09. The number of aromatic nitrogens is 3. The maximum absolute atomic E-state index is 6.13. The number of ether oxygens (including phenoxy) is 1. The lowest BCUT2D eigenvalue weighted by molar-refractivity contribution is -0.0122. The van der Waals surface area contributed by atoms with Crippen LogP contribution in [0.1, 0.15) is 48.4 Å². The minimum absolute atomic E-state index is 0.319. The minimum atomic E-state index is 0.319. The Balaban J connectivity index is 1.33. The quantitative estimate of drug-likeness (QED) is 0.819. The predicted octanol–water partition coefficient (Wildman–Crippen LogP) is 2.87. The molecule has 3 heterocycles. The van der Waals surface area contributed by atoms with Crippen LogP contribution in [0.25, 0.3) is 0 Å². The molecule has 4 rings (SSSR count). The highest BCUT2D eigenvalue weighted by molar-refractivity contribution is 5.25. The zero-order valence-corrected chi connectivity index (χ0v) is 14.4. The Kier molecular flexibility index (Phi) is 4.63. The van der Waals surface area contributed by atoms with Crippen LogP contribution in [0.15, 0.2) is 30.7 Å². The molecule has 2 fully saturated rings. The van der Waals surface area contributed by atoms with Gasteiger partial charge in [-0.25, -0.2) is 0 Å². The Morgan fingerprint density at radius 3 is 2.96 bits per heavy atom. The molecular formula is C19H26N4O. The van der Waals surface area contributed by atoms with Gasteiger partial charge in [-0.1, -0.05) is 6.07 Å². The number of nitrogens with zero attached hydrogens (tertiary/aromatic N) is 4. The highest BCUT2D eigenvalue weighted by atomic mass is 16.5. The van der Waals surface area contributed by atoms with E-state index in [1.807, 2.05) is 12.3 Å². The van der Waals surface area contributed by atoms with Gasteiger partial charge in [0.05, 0.1) is 18.9 Å². The molecule has 5 heteroatoms. The fraction of sp³-hybridized carbons (Fsp3) is 0.579. The maximum atomic E-state index is 6.13. The summed E-state index contributed by atoms with van der Waals surface area (Å²) >= 11 is 0. The maximum Gasteiger partial charge on any atom is 0.0736 e. The molecule has 0 amide bonds. The lowest BCUT2D eigenvalue weighted by atomic mass is 10.1. The third kappa shape index (κ3) is 3.68. The summed E-state index contributed by atoms with van der Waals surface area (Å²) in [6.45, 7) is 3.84. The smallest absolute Gasteiger partial charge is 0.0736 e. The van der Waals surface area contributed by atoms with Crippen molar-refractivity contribution in [3.63, 3.8) is 0 Å². The number of pyridine rings is 1. The summed E-state index contributed by atoms with van der Waals surface area (Å²) in [5.41, 5.74) is 4.01. The van der Waals surface area contributed by atoms with Crippen LogP contribution >= 0.6 is 0 Å². The standard InChI is InChI=1S/C19H26N4O/c1-22-19(16-6-7-16)17(11-21-22)12-23-9-3-5-18(13-23)24-14-15-4-2-8-20-10-15/h2,4,8,10-11,16,18H,3,5-7,9,12-14H2,1H3/t18-/m0/s1. The van der Waals surface area contributed by atoms with Crippen LogP contribution in [-0.2, 0) is 24.9 Å². The number of hydrogen-bond donors (Lipinski definition) is 0. The number of piperidine rings is 1. The summed E-state index contributed by atoms with van der Waals surface area (Å²) in [5.74, 6) is 0.745. The van der Waals surface area contributed by atoms with Crippen molar-refractivity contribution in [3.05, 3.63) is 47.5 Å². The lowest BCUT2D eigenvalue weighted by Crippen LogP contribution is -2.39. The van der Waals surface area contributed by atoms with Crippen molar-refractivity contribution in [3.8, 4) is 0 Å². The van der Waals surface area contributed by atoms with Crippen LogP contribution in [0.3, 0.4) is 0 Å². The molecule has 0 radical (unpaired) electrons. The first-order chi connectivity index (χ1) is 11.8. The van der Waals surface area contributed by atoms with Gasteiger partial charge in [-0.15, -0.1) is 0 Å². The van der Waals surface area contributed by atoms with Crippen LogP contribution in [0.5, 0.6) is 0 Å². The minimum Gasteiger partial charge on any atom is -0.372 e. The molecule has 0 bridgehead atoms. The van der Waals surface area contributed by atoms with E-state index >= 15 is 0 Å². The molecule has 0 N–H and O–H groups in total. The predicted molar refractivity (Wildman–Crippen MR) is 92.5 cm³/mol. The molecule has 0 spiro atoms. The molecule has 1 atom stereocenters. The van der Waals surface area contributed by atoms with E-state index in [2.05, 4.69) is 39.0 Å². The lowest BCUT2D eigenvalue weighted by Gasteiger charge is -2.32. The largest absolute Gasteiger partial charge is 0.372 e. The molecule has 128 valence electrons. The Hall–Kier alpha value is -1.72. The van der Waals surface area contributed by atoms with Gasteiger partial charge in [0, 0.05) is 49.7 Å². The topological polar surface area (TPSA) is 43.2 Å². The van der Waals surface area contributed by atoms with Crippen LogP contribution in [-0.4, -0.2) is 38.9 Å². The van der Waals surface area contributed by atoms with E-state index in [9.17, 15) is 0 Å². The second-order valence-corrected chi connectivity index (χ2v) is 7.12. The van der Waals surface area contributed by atoms with Crippen LogP contribution in [0, 0.1) is 0 Å². The van der Waals surface area contributed by atoms with E-state index < -0.39 is 0 Å². The van der Waals surface area contributed by atoms with Crippen molar-refractivity contribution >= 4 is 0 Å². The molecule has 2 aromatic rings. The molecule has 1 aliphatic carbocycles. The highest BCUT2D eigenvalue weighted by Gasteiger charge is 2.30. The second kappa shape index (κ2) is 7.03. The van der Waals surface area contributed by atoms with Gasteiger partial charge >= 0.3 is 0 Å². The van der Waals surface area contributed by atoms with Crippen molar-refractivity contribution in [1.29, 1.82) is 0 Å². The normalized spacial score (nSPS) is 22.0. The molecule has 2 aliphatic rings. The molecule has 0 unspecified atom stereocenters. The van der Waals surface area contributed by atoms with Gasteiger partial charge in [-0.2, -0.15) is 5.10 Å². The molecule has 1 saturated carbocycles. The van der Waals surface area contributed by atoms with Gasteiger partial charge in [0.25, 0.3) is 0 Å². The second-order valence-electron chi connectivity index (χ2n) is 7.12. The van der Waals surface area contributed by atoms with Crippen LogP contribution < -0.4 is 0 Å². The van der Waals surface area contributed by atoms with E-state index in [0.29, 0.717) is 12.7 Å². The first kappa shape index (κ1) is 15.8. The van der Waals surface area contributed by atoms with Crippen molar-refractivity contribution in [1.82, 2.24) is 19.7 Å². The Morgan fingerprint density at radius 1 is 1.25 bits per heavy atom. The highest BCUT2D eigenvalue weighted by Crippen LogP contribution is 2.41. The third-order valence-corrected chi connectivity index (χ3v) is 5.09. The van der Waals surface area contributed by atoms with Crippen molar-refractivity contribution in [2.24, 2.45) is 7.05 Å². The van der Waals surface area contributed by atoms with Crippen molar-refractivity contribution in [2.75, 3.05) is 13.1 Å². The summed E-state index contributed by atoms with van der Waals surface area (Å²) in [6, 6.07) is 4.04. The van der Waals surface area contributed by atoms with Crippen LogP contribution in [0.2, 0.25) is 0 Å². The SMILES string of the molecule is Cn1ncc(CN2CCC[C@H](OCc3cccnc3)C2)c1C1CC1. The molecular weight excluding hydrogens is 300 g/mol. The van der Waals surface area contributed by atoms with Gasteiger partial charge in [-0.3, -0.25) is 14.6 Å². The number of likely N-dealkylation sites (tertiary alicyclic amines) is 1.